The van der Waals surface area contributed by atoms with Crippen LogP contribution in [-0.4, -0.2) is 64.5 Å². The molecule has 32 heavy (non-hydrogen) atoms. The zero-order valence-electron chi connectivity index (χ0n) is 18.0. The van der Waals surface area contributed by atoms with Gasteiger partial charge in [-0.1, -0.05) is 44.2 Å². The third-order valence-corrected chi connectivity index (χ3v) is 4.59. The zero-order chi connectivity index (χ0) is 24.3. The average molecular weight is 450 g/mol. The van der Waals surface area contributed by atoms with Gasteiger partial charge in [0.1, 0.15) is 12.1 Å². The third-order valence-electron chi connectivity index (χ3n) is 4.59. The largest absolute Gasteiger partial charge is 0.481 e. The van der Waals surface area contributed by atoms with Crippen molar-refractivity contribution in [2.24, 2.45) is 11.7 Å². The first kappa shape index (κ1) is 26.6. The maximum Gasteiger partial charge on any atom is 0.326 e. The molecule has 0 fully saturated rings. The summed E-state index contributed by atoms with van der Waals surface area (Å²) >= 11 is 0. The molecule has 0 radical (unpaired) electrons. The van der Waals surface area contributed by atoms with Crippen molar-refractivity contribution in [2.75, 3.05) is 6.54 Å². The molecule has 3 atom stereocenters. The highest BCUT2D eigenvalue weighted by atomic mass is 16.4. The fourth-order valence-corrected chi connectivity index (χ4v) is 2.81. The van der Waals surface area contributed by atoms with Crippen molar-refractivity contribution in [1.82, 2.24) is 16.0 Å². The van der Waals surface area contributed by atoms with Crippen molar-refractivity contribution in [3.8, 4) is 0 Å². The van der Waals surface area contributed by atoms with Crippen molar-refractivity contribution in [2.45, 2.75) is 51.2 Å². The number of hydrogen-bond acceptors (Lipinski definition) is 6. The highest BCUT2D eigenvalue weighted by molar-refractivity contribution is 5.92. The van der Waals surface area contributed by atoms with Crippen LogP contribution in [0.15, 0.2) is 30.3 Å². The lowest BCUT2D eigenvalue weighted by atomic mass is 10.0. The van der Waals surface area contributed by atoms with E-state index in [0.29, 0.717) is 0 Å². The van der Waals surface area contributed by atoms with E-state index < -0.39 is 66.7 Å². The molecule has 0 aromatic heterocycles. The van der Waals surface area contributed by atoms with E-state index in [1.807, 2.05) is 30.3 Å². The van der Waals surface area contributed by atoms with Gasteiger partial charge in [-0.3, -0.25) is 19.2 Å². The second-order valence-electron chi connectivity index (χ2n) is 7.64. The van der Waals surface area contributed by atoms with E-state index in [-0.39, 0.29) is 12.8 Å². The van der Waals surface area contributed by atoms with Gasteiger partial charge < -0.3 is 31.9 Å². The van der Waals surface area contributed by atoms with Gasteiger partial charge in [0, 0.05) is 6.42 Å². The fraction of sp³-hybridized carbons (Fsp3) is 0.476. The van der Waals surface area contributed by atoms with E-state index in [1.165, 1.54) is 0 Å². The van der Waals surface area contributed by atoms with Gasteiger partial charge in [0.25, 0.3) is 0 Å². The van der Waals surface area contributed by atoms with Crippen LogP contribution in [0, 0.1) is 5.92 Å². The summed E-state index contributed by atoms with van der Waals surface area (Å²) in [5.41, 5.74) is 6.70. The van der Waals surface area contributed by atoms with Gasteiger partial charge in [0.2, 0.25) is 17.7 Å². The number of nitrogens with one attached hydrogen (secondary N) is 3. The fourth-order valence-electron chi connectivity index (χ4n) is 2.81. The van der Waals surface area contributed by atoms with Crippen LogP contribution in [0.1, 0.15) is 32.3 Å². The molecule has 0 aliphatic heterocycles. The molecular weight excluding hydrogens is 420 g/mol. The van der Waals surface area contributed by atoms with Gasteiger partial charge in [-0.2, -0.15) is 0 Å². The van der Waals surface area contributed by atoms with Crippen molar-refractivity contribution >= 4 is 29.7 Å². The Hall–Kier alpha value is -3.47. The smallest absolute Gasteiger partial charge is 0.326 e. The number of nitrogens with two attached hydrogens (primary N) is 1. The summed E-state index contributed by atoms with van der Waals surface area (Å²) in [5, 5.41) is 25.1. The topological polar surface area (TPSA) is 188 Å². The number of benzene rings is 1. The van der Waals surface area contributed by atoms with Crippen LogP contribution in [0.2, 0.25) is 0 Å². The molecule has 3 unspecified atom stereocenters. The Morgan fingerprint density at radius 1 is 0.969 bits per heavy atom. The molecule has 176 valence electrons. The average Bonchev–Trinajstić information content (AvgIpc) is 2.72. The molecule has 3 amide bonds. The maximum absolute atomic E-state index is 12.5. The molecule has 0 aliphatic rings. The predicted octanol–water partition coefficient (Wildman–Crippen LogP) is -0.752. The molecule has 7 N–H and O–H groups in total. The molecule has 11 nitrogen and oxygen atoms in total. The zero-order valence-corrected chi connectivity index (χ0v) is 18.0. The second-order valence-corrected chi connectivity index (χ2v) is 7.64. The Morgan fingerprint density at radius 2 is 1.59 bits per heavy atom. The number of carboxylic acid groups (broad SMARTS) is 2. The summed E-state index contributed by atoms with van der Waals surface area (Å²) in [6.07, 6.45) is -0.408. The first-order chi connectivity index (χ1) is 15.0. The van der Waals surface area contributed by atoms with E-state index in [1.54, 1.807) is 13.8 Å². The summed E-state index contributed by atoms with van der Waals surface area (Å²) in [4.78, 5) is 59.0. The Morgan fingerprint density at radius 3 is 2.12 bits per heavy atom. The van der Waals surface area contributed by atoms with Crippen LogP contribution in [0.4, 0.5) is 0 Å². The van der Waals surface area contributed by atoms with Crippen LogP contribution in [0.3, 0.4) is 0 Å². The molecule has 0 aliphatic carbocycles. The van der Waals surface area contributed by atoms with E-state index in [9.17, 15) is 29.1 Å². The van der Waals surface area contributed by atoms with Crippen molar-refractivity contribution in [3.05, 3.63) is 35.9 Å². The second kappa shape index (κ2) is 13.1. The van der Waals surface area contributed by atoms with Crippen LogP contribution >= 0.6 is 0 Å². The third kappa shape index (κ3) is 9.56. The highest BCUT2D eigenvalue weighted by Crippen LogP contribution is 2.05. The predicted molar refractivity (Wildman–Crippen MR) is 114 cm³/mol. The molecule has 0 saturated carbocycles. The lowest BCUT2D eigenvalue weighted by Crippen LogP contribution is -2.54. The van der Waals surface area contributed by atoms with E-state index in [0.717, 1.165) is 5.56 Å². The minimum absolute atomic E-state index is 0.251. The Labute approximate surface area is 185 Å². The lowest BCUT2D eigenvalue weighted by Gasteiger charge is -2.23. The first-order valence-electron chi connectivity index (χ1n) is 10.1. The van der Waals surface area contributed by atoms with Crippen LogP contribution in [0.25, 0.3) is 0 Å². The van der Waals surface area contributed by atoms with Crippen LogP contribution in [-0.2, 0) is 30.4 Å². The molecule has 0 heterocycles. The van der Waals surface area contributed by atoms with Crippen LogP contribution < -0.4 is 21.7 Å². The summed E-state index contributed by atoms with van der Waals surface area (Å²) in [6.45, 7) is 2.71. The lowest BCUT2D eigenvalue weighted by molar-refractivity contribution is -0.144. The number of carboxylic acids is 2. The van der Waals surface area contributed by atoms with Gasteiger partial charge in [-0.15, -0.1) is 0 Å². The van der Waals surface area contributed by atoms with Gasteiger partial charge in [0.15, 0.2) is 0 Å². The standard InChI is InChI=1S/C21H30N4O7/c1-12(2)18(21(31)32)25-20(30)15(8-9-17(27)28)24-16(26)11-23-19(29)14(22)10-13-6-4-3-5-7-13/h3-7,12,14-15,18H,8-11,22H2,1-2H3,(H,23,29)(H,24,26)(H,25,30)(H,27,28)(H,31,32). The number of amides is 3. The molecule has 11 heteroatoms. The normalized spacial score (nSPS) is 13.5. The Balaban J connectivity index is 2.66. The number of carbonyl (C=O) groups excluding carboxylic acids is 3. The summed E-state index contributed by atoms with van der Waals surface area (Å²) in [5.74, 6) is -5.01. The monoisotopic (exact) mass is 450 g/mol. The summed E-state index contributed by atoms with van der Waals surface area (Å²) < 4.78 is 0. The maximum atomic E-state index is 12.5. The van der Waals surface area contributed by atoms with Crippen molar-refractivity contribution in [3.63, 3.8) is 0 Å². The van der Waals surface area contributed by atoms with Crippen molar-refractivity contribution < 1.29 is 34.2 Å². The van der Waals surface area contributed by atoms with Crippen molar-refractivity contribution in [1.29, 1.82) is 0 Å². The minimum Gasteiger partial charge on any atom is -0.481 e. The molecule has 0 saturated heterocycles. The summed E-state index contributed by atoms with van der Waals surface area (Å²) in [7, 11) is 0. The first-order valence-corrected chi connectivity index (χ1v) is 10.1. The molecular formula is C21H30N4O7. The number of carbonyl (C=O) groups is 5. The van der Waals surface area contributed by atoms with E-state index >= 15 is 0 Å². The van der Waals surface area contributed by atoms with Gasteiger partial charge in [-0.25, -0.2) is 4.79 Å². The van der Waals surface area contributed by atoms with Crippen LogP contribution in [0.5, 0.6) is 0 Å². The molecule has 1 aromatic rings. The number of rotatable bonds is 13. The molecule has 0 bridgehead atoms. The quantitative estimate of drug-likeness (QED) is 0.226. The van der Waals surface area contributed by atoms with Gasteiger partial charge in [0.05, 0.1) is 12.6 Å². The number of hydrogen-bond donors (Lipinski definition) is 6. The van der Waals surface area contributed by atoms with E-state index in [4.69, 9.17) is 10.8 Å². The Kier molecular flexibility index (Phi) is 10.8. The molecule has 1 rings (SSSR count). The Bertz CT molecular complexity index is 814. The van der Waals surface area contributed by atoms with E-state index in [2.05, 4.69) is 16.0 Å². The SMILES string of the molecule is CC(C)C(NC(=O)C(CCC(=O)O)NC(=O)CNC(=O)C(N)Cc1ccccc1)C(=O)O. The minimum atomic E-state index is -1.28. The van der Waals surface area contributed by atoms with Gasteiger partial charge >= 0.3 is 11.9 Å². The van der Waals surface area contributed by atoms with Gasteiger partial charge in [-0.05, 0) is 24.3 Å². The highest BCUT2D eigenvalue weighted by Gasteiger charge is 2.29. The molecule has 1 aromatic carbocycles. The molecule has 0 spiro atoms. The summed E-state index contributed by atoms with van der Waals surface area (Å²) in [6, 6.07) is 5.69. The number of aliphatic carboxylic acids is 2.